The molecule has 1 rings (SSSR count). The standard InChI is InChI=1S/C34H59BrINO4Si2/c1-25(22-26(2)36)30(41-43(13,14)34(7,8)9)20-16-15-18-28-24-39-32(37-28)27(3)31(38-10)23-29(19-17-21-35)40-42(11,12)33(4,5)6/h15-20,22,24-25,27,29-31H,21,23H2,1-14H3/b18-15+,19-17+,20-16-,26-22+/t25-,27-,29+,30+,31-/m1/s1. The lowest BCUT2D eigenvalue weighted by molar-refractivity contribution is 0.0416. The molecule has 0 N–H and O–H groups in total. The van der Waals surface area contributed by atoms with E-state index in [9.17, 15) is 0 Å². The summed E-state index contributed by atoms with van der Waals surface area (Å²) in [6, 6.07) is 0. The molecule has 43 heavy (non-hydrogen) atoms. The predicted molar refractivity (Wildman–Crippen MR) is 203 cm³/mol. The van der Waals surface area contributed by atoms with Gasteiger partial charge in [0.15, 0.2) is 22.5 Å². The van der Waals surface area contributed by atoms with E-state index in [1.165, 1.54) is 3.58 Å². The van der Waals surface area contributed by atoms with Crippen LogP contribution in [-0.4, -0.2) is 52.4 Å². The first-order valence-electron chi connectivity index (χ1n) is 15.4. The highest BCUT2D eigenvalue weighted by Gasteiger charge is 2.40. The zero-order valence-electron chi connectivity index (χ0n) is 29.3. The number of rotatable bonds is 16. The van der Waals surface area contributed by atoms with E-state index in [-0.39, 0.29) is 40.2 Å². The Hall–Kier alpha value is -0.306. The molecule has 1 heterocycles. The second-order valence-corrected chi connectivity index (χ2v) is 26.5. The van der Waals surface area contributed by atoms with Gasteiger partial charge in [-0.05, 0) is 75.4 Å². The van der Waals surface area contributed by atoms with Gasteiger partial charge in [0, 0.05) is 24.8 Å². The fourth-order valence-electron chi connectivity index (χ4n) is 4.03. The van der Waals surface area contributed by atoms with Gasteiger partial charge in [-0.1, -0.05) is 108 Å². The summed E-state index contributed by atoms with van der Waals surface area (Å²) in [5, 5.41) is 1.06. The number of ether oxygens (including phenoxy) is 1. The van der Waals surface area contributed by atoms with Crippen LogP contribution in [0.5, 0.6) is 0 Å². The van der Waals surface area contributed by atoms with Crippen LogP contribution in [0.3, 0.4) is 0 Å². The van der Waals surface area contributed by atoms with Crippen molar-refractivity contribution in [3.63, 3.8) is 0 Å². The van der Waals surface area contributed by atoms with Crippen LogP contribution in [0.2, 0.25) is 36.3 Å². The molecule has 0 unspecified atom stereocenters. The van der Waals surface area contributed by atoms with Crippen molar-refractivity contribution in [1.29, 1.82) is 0 Å². The molecule has 5 nitrogen and oxygen atoms in total. The number of hydrogen-bond donors (Lipinski definition) is 0. The van der Waals surface area contributed by atoms with E-state index in [0.717, 1.165) is 17.4 Å². The lowest BCUT2D eigenvalue weighted by Gasteiger charge is -2.39. The van der Waals surface area contributed by atoms with Crippen molar-refractivity contribution in [2.24, 2.45) is 5.92 Å². The average molecular weight is 809 g/mol. The van der Waals surface area contributed by atoms with Crippen LogP contribution in [0.4, 0.5) is 0 Å². The largest absolute Gasteiger partial charge is 0.448 e. The maximum absolute atomic E-state index is 6.80. The second-order valence-electron chi connectivity index (χ2n) is 14.6. The lowest BCUT2D eigenvalue weighted by Crippen LogP contribution is -2.44. The Morgan fingerprint density at radius 3 is 2.09 bits per heavy atom. The second kappa shape index (κ2) is 17.6. The van der Waals surface area contributed by atoms with Gasteiger partial charge in [-0.2, -0.15) is 0 Å². The summed E-state index contributed by atoms with van der Waals surface area (Å²) in [5.41, 5.74) is 0.785. The van der Waals surface area contributed by atoms with Crippen molar-refractivity contribution < 1.29 is 18.0 Å². The molecule has 5 atom stereocenters. The molecule has 0 aliphatic carbocycles. The predicted octanol–water partition coefficient (Wildman–Crippen LogP) is 11.5. The van der Waals surface area contributed by atoms with E-state index in [1.54, 1.807) is 13.4 Å². The van der Waals surface area contributed by atoms with Crippen LogP contribution in [0.15, 0.2) is 50.7 Å². The molecule has 0 aromatic carbocycles. The first-order valence-corrected chi connectivity index (χ1v) is 23.4. The van der Waals surface area contributed by atoms with E-state index >= 15 is 0 Å². The van der Waals surface area contributed by atoms with Gasteiger partial charge >= 0.3 is 0 Å². The quantitative estimate of drug-likeness (QED) is 0.0547. The molecule has 0 radical (unpaired) electrons. The van der Waals surface area contributed by atoms with Crippen LogP contribution in [0.25, 0.3) is 6.08 Å². The average Bonchev–Trinajstić information content (AvgIpc) is 3.34. The van der Waals surface area contributed by atoms with Gasteiger partial charge in [-0.3, -0.25) is 0 Å². The molecule has 246 valence electrons. The molecule has 1 aromatic heterocycles. The van der Waals surface area contributed by atoms with Gasteiger partial charge in [0.1, 0.15) is 12.0 Å². The Balaban J connectivity index is 3.08. The molecule has 1 aromatic rings. The first kappa shape index (κ1) is 40.7. The minimum Gasteiger partial charge on any atom is -0.448 e. The number of nitrogens with zero attached hydrogens (tertiary/aromatic N) is 1. The van der Waals surface area contributed by atoms with Crippen molar-refractivity contribution in [2.45, 2.75) is 129 Å². The summed E-state index contributed by atoms with van der Waals surface area (Å²) in [6.07, 6.45) is 17.1. The van der Waals surface area contributed by atoms with Gasteiger partial charge in [0.05, 0.1) is 24.2 Å². The number of allylic oxidation sites excluding steroid dienone is 4. The van der Waals surface area contributed by atoms with Crippen LogP contribution in [0.1, 0.15) is 86.2 Å². The minimum atomic E-state index is -1.96. The highest BCUT2D eigenvalue weighted by molar-refractivity contribution is 14.1. The Kier molecular flexibility index (Phi) is 16.6. The summed E-state index contributed by atoms with van der Waals surface area (Å²) >= 11 is 5.89. The minimum absolute atomic E-state index is 0.00527. The van der Waals surface area contributed by atoms with E-state index in [0.29, 0.717) is 5.89 Å². The summed E-state index contributed by atoms with van der Waals surface area (Å²) in [4.78, 5) is 4.79. The van der Waals surface area contributed by atoms with Gasteiger partial charge in [-0.25, -0.2) is 4.98 Å². The van der Waals surface area contributed by atoms with Gasteiger partial charge in [0.2, 0.25) is 0 Å². The number of alkyl halides is 1. The molecule has 0 bridgehead atoms. The maximum Gasteiger partial charge on any atom is 0.199 e. The summed E-state index contributed by atoms with van der Waals surface area (Å²) < 4.78 is 26.8. The Labute approximate surface area is 287 Å². The topological polar surface area (TPSA) is 53.7 Å². The summed E-state index contributed by atoms with van der Waals surface area (Å²) in [5.74, 6) is 0.911. The lowest BCUT2D eigenvalue weighted by atomic mass is 9.98. The zero-order chi connectivity index (χ0) is 33.2. The van der Waals surface area contributed by atoms with Crippen molar-refractivity contribution >= 4 is 61.2 Å². The normalized spacial score (nSPS) is 18.1. The van der Waals surface area contributed by atoms with Crippen LogP contribution < -0.4 is 0 Å². The Morgan fingerprint density at radius 1 is 1.00 bits per heavy atom. The van der Waals surface area contributed by atoms with Gasteiger partial charge < -0.3 is 18.0 Å². The molecule has 0 aliphatic rings. The Bertz CT molecular complexity index is 1090. The third-order valence-electron chi connectivity index (χ3n) is 8.87. The third-order valence-corrected chi connectivity index (χ3v) is 18.6. The van der Waals surface area contributed by atoms with Crippen molar-refractivity contribution in [2.75, 3.05) is 12.4 Å². The fraction of sp³-hybridized carbons (Fsp3) is 0.676. The number of oxazole rings is 1. The number of hydrogen-bond acceptors (Lipinski definition) is 5. The first-order chi connectivity index (χ1) is 19.6. The van der Waals surface area contributed by atoms with E-state index in [1.807, 2.05) is 12.2 Å². The van der Waals surface area contributed by atoms with Crippen LogP contribution in [-0.2, 0) is 13.6 Å². The molecule has 0 fully saturated rings. The van der Waals surface area contributed by atoms with Crippen molar-refractivity contribution in [3.8, 4) is 0 Å². The van der Waals surface area contributed by atoms with E-state index in [4.69, 9.17) is 23.0 Å². The SMILES string of the molecule is CO[C@H](C[C@H](/C=C/CBr)O[Si](C)(C)C(C)(C)C)[C@@H](C)c1nc(/C=C/C=C\[C@H](O[Si](C)(C)C(C)(C)C)[C@H](C)/C=C(\C)I)co1. The Morgan fingerprint density at radius 2 is 1.58 bits per heavy atom. The molecular formula is C34H59BrINO4Si2. The highest BCUT2D eigenvalue weighted by Crippen LogP contribution is 2.39. The summed E-state index contributed by atoms with van der Waals surface area (Å²) in [7, 11) is -2.14. The van der Waals surface area contributed by atoms with Gasteiger partial charge in [-0.15, -0.1) is 0 Å². The van der Waals surface area contributed by atoms with Crippen molar-refractivity contribution in [1.82, 2.24) is 4.98 Å². The molecule has 0 amide bonds. The third kappa shape index (κ3) is 13.5. The molecule has 0 spiro atoms. The number of aromatic nitrogens is 1. The van der Waals surface area contributed by atoms with Gasteiger partial charge in [0.25, 0.3) is 0 Å². The number of halogens is 2. The molecule has 0 saturated carbocycles. The molecule has 0 saturated heterocycles. The summed E-state index contributed by atoms with van der Waals surface area (Å²) in [6.45, 7) is 29.3. The van der Waals surface area contributed by atoms with E-state index < -0.39 is 16.6 Å². The van der Waals surface area contributed by atoms with Crippen LogP contribution >= 0.6 is 38.5 Å². The molecule has 9 heteroatoms. The zero-order valence-corrected chi connectivity index (χ0v) is 35.0. The monoisotopic (exact) mass is 807 g/mol. The van der Waals surface area contributed by atoms with E-state index in [2.05, 4.69) is 157 Å². The van der Waals surface area contributed by atoms with Crippen molar-refractivity contribution in [3.05, 3.63) is 57.9 Å². The van der Waals surface area contributed by atoms with Crippen LogP contribution in [0, 0.1) is 5.92 Å². The maximum atomic E-state index is 6.80. The smallest absolute Gasteiger partial charge is 0.199 e. The number of methoxy groups -OCH3 is 1. The molecular weight excluding hydrogens is 749 g/mol. The fourth-order valence-corrected chi connectivity index (χ4v) is 7.42. The molecule has 0 aliphatic heterocycles. The highest BCUT2D eigenvalue weighted by atomic mass is 127.